The number of carbonyl (C=O) groups is 4. The fourth-order valence-corrected chi connectivity index (χ4v) is 9.89. The summed E-state index contributed by atoms with van der Waals surface area (Å²) in [5.41, 5.74) is 0.938. The minimum Gasteiger partial charge on any atom is -0.479 e. The summed E-state index contributed by atoms with van der Waals surface area (Å²) >= 11 is 0. The van der Waals surface area contributed by atoms with Gasteiger partial charge in [-0.25, -0.2) is 9.78 Å². The van der Waals surface area contributed by atoms with Crippen molar-refractivity contribution in [1.29, 1.82) is 0 Å². The number of nitrogens with zero attached hydrogens (tertiary/aromatic N) is 4. The van der Waals surface area contributed by atoms with Gasteiger partial charge in [0.1, 0.15) is 60.7 Å². The van der Waals surface area contributed by atoms with E-state index in [1.807, 2.05) is 13.8 Å². The first-order valence-corrected chi connectivity index (χ1v) is 24.5. The van der Waals surface area contributed by atoms with Crippen LogP contribution in [0.5, 0.6) is 5.88 Å². The molecule has 0 bridgehead atoms. The molecule has 0 aromatic carbocycles. The van der Waals surface area contributed by atoms with Crippen LogP contribution >= 0.6 is 0 Å². The lowest BCUT2D eigenvalue weighted by Crippen LogP contribution is -2.67. The number of ether oxygens (including phenoxy) is 6. The molecule has 2 aliphatic carbocycles. The number of amides is 2. The van der Waals surface area contributed by atoms with Crippen LogP contribution in [0.2, 0.25) is 0 Å². The molecule has 8 N–H and O–H groups in total. The molecule has 0 radical (unpaired) electrons. The minimum atomic E-state index is -1.67. The highest BCUT2D eigenvalue weighted by atomic mass is 16.7. The number of aliphatic carboxylic acids is 1. The van der Waals surface area contributed by atoms with Gasteiger partial charge in [-0.1, -0.05) is 57.6 Å². The normalized spacial score (nSPS) is 32.5. The highest BCUT2D eigenvalue weighted by molar-refractivity contribution is 5.93. The highest BCUT2D eigenvalue weighted by Crippen LogP contribution is 2.40. The van der Waals surface area contributed by atoms with Crippen molar-refractivity contribution in [3.8, 4) is 5.88 Å². The molecule has 4 fully saturated rings. The quantitative estimate of drug-likeness (QED) is 0.0725. The third-order valence-corrected chi connectivity index (χ3v) is 13.7. The molecular weight excluding hydrogens is 905 g/mol. The van der Waals surface area contributed by atoms with E-state index in [1.54, 1.807) is 23.0 Å². The van der Waals surface area contributed by atoms with E-state index in [-0.39, 0.29) is 44.1 Å². The molecule has 4 aliphatic rings. The van der Waals surface area contributed by atoms with Crippen molar-refractivity contribution in [3.63, 3.8) is 0 Å². The molecule has 22 nitrogen and oxygen atoms in total. The maximum absolute atomic E-state index is 14.1. The molecule has 4 heterocycles. The predicted octanol–water partition coefficient (Wildman–Crippen LogP) is 1.17. The Kier molecular flexibility index (Phi) is 20.2. The van der Waals surface area contributed by atoms with E-state index in [1.165, 1.54) is 20.0 Å². The average Bonchev–Trinajstić information content (AvgIpc) is 3.79. The van der Waals surface area contributed by atoms with E-state index in [9.17, 15) is 49.8 Å². The summed E-state index contributed by atoms with van der Waals surface area (Å²) in [7, 11) is 0. The van der Waals surface area contributed by atoms with Crippen LogP contribution in [-0.4, -0.2) is 167 Å². The lowest BCUT2D eigenvalue weighted by Gasteiger charge is -2.49. The molecule has 2 aliphatic heterocycles. The molecule has 15 atom stereocenters. The van der Waals surface area contributed by atoms with Gasteiger partial charge in [-0.15, -0.1) is 5.10 Å². The Bertz CT molecular complexity index is 1950. The summed E-state index contributed by atoms with van der Waals surface area (Å²) in [5, 5.41) is 78.0. The summed E-state index contributed by atoms with van der Waals surface area (Å²) in [4.78, 5) is 56.8. The number of carboxylic acids is 1. The Hall–Kier alpha value is -4.23. The molecule has 6 rings (SSSR count). The van der Waals surface area contributed by atoms with Gasteiger partial charge in [-0.3, -0.25) is 19.1 Å². The van der Waals surface area contributed by atoms with Crippen molar-refractivity contribution in [2.75, 3.05) is 13.2 Å². The van der Waals surface area contributed by atoms with E-state index in [0.717, 1.165) is 45.1 Å². The van der Waals surface area contributed by atoms with Gasteiger partial charge in [0.05, 0.1) is 36.7 Å². The first-order valence-electron chi connectivity index (χ1n) is 24.5. The van der Waals surface area contributed by atoms with Gasteiger partial charge in [-0.05, 0) is 56.9 Å². The number of rotatable bonds is 23. The van der Waals surface area contributed by atoms with Crippen molar-refractivity contribution < 1.29 is 78.2 Å². The molecule has 6 unspecified atom stereocenters. The van der Waals surface area contributed by atoms with Crippen LogP contribution < -0.4 is 15.4 Å². The van der Waals surface area contributed by atoms with Gasteiger partial charge < -0.3 is 69.7 Å². The number of nitrogens with one attached hydrogen (secondary N) is 2. The number of aliphatic hydroxyl groups is 5. The van der Waals surface area contributed by atoms with E-state index in [0.29, 0.717) is 36.4 Å². The third kappa shape index (κ3) is 14.4. The Morgan fingerprint density at radius 3 is 2.38 bits per heavy atom. The smallest absolute Gasteiger partial charge is 0.332 e. The number of hydrogen-bond donors (Lipinski definition) is 8. The lowest BCUT2D eigenvalue weighted by atomic mass is 9.74. The summed E-state index contributed by atoms with van der Waals surface area (Å²) < 4.78 is 38.7. The maximum atomic E-state index is 14.1. The number of aliphatic hydroxyl groups excluding tert-OH is 5. The second kappa shape index (κ2) is 25.8. The van der Waals surface area contributed by atoms with Gasteiger partial charge in [0.25, 0.3) is 5.91 Å². The zero-order chi connectivity index (χ0) is 49.8. The van der Waals surface area contributed by atoms with Crippen LogP contribution in [0, 0.1) is 17.8 Å². The van der Waals surface area contributed by atoms with Gasteiger partial charge in [-0.2, -0.15) is 0 Å². The number of pyridine rings is 1. The number of ketones is 1. The largest absolute Gasteiger partial charge is 0.479 e. The fraction of sp³-hybridized carbons (Fsp3) is 0.766. The van der Waals surface area contributed by atoms with Crippen LogP contribution in [0.4, 0.5) is 0 Å². The van der Waals surface area contributed by atoms with Crippen molar-refractivity contribution in [2.24, 2.45) is 17.8 Å². The van der Waals surface area contributed by atoms with Crippen molar-refractivity contribution in [3.05, 3.63) is 35.8 Å². The molecule has 2 amide bonds. The molecular formula is C47H72N6O16. The number of hydrogen-bond acceptors (Lipinski definition) is 18. The summed E-state index contributed by atoms with van der Waals surface area (Å²) in [6, 6.07) is 1.83. The second-order valence-electron chi connectivity index (χ2n) is 18.9. The first-order chi connectivity index (χ1) is 33.1. The molecule has 22 heteroatoms. The molecule has 0 spiro atoms. The Morgan fingerprint density at radius 2 is 1.71 bits per heavy atom. The topological polar surface area (TPSA) is 313 Å². The fourth-order valence-electron chi connectivity index (χ4n) is 9.89. The SMILES string of the molecule is CCCn1cc(COc2ccc(C(=O)NCCCC(=O)C3CC(CC)[C@@H](O[C@@H]4OC(C)[C@@H](O)[C@H](O)C4O)[C@H](O[C@@H]4O[C@@H](CO)[C@H](O)C(O[C@@H](CC5CCCCC5)C(=O)O)C4NC(C)=O)C3)cn2)nn1. The summed E-state index contributed by atoms with van der Waals surface area (Å²) in [6.45, 7) is 7.01. The predicted molar refractivity (Wildman–Crippen MR) is 241 cm³/mol. The molecule has 2 saturated carbocycles. The van der Waals surface area contributed by atoms with Crippen molar-refractivity contribution >= 4 is 23.6 Å². The van der Waals surface area contributed by atoms with E-state index >= 15 is 0 Å². The highest BCUT2D eigenvalue weighted by Gasteiger charge is 2.53. The van der Waals surface area contributed by atoms with Gasteiger partial charge in [0, 0.05) is 44.6 Å². The molecule has 2 aromatic rings. The zero-order valence-corrected chi connectivity index (χ0v) is 39.9. The third-order valence-electron chi connectivity index (χ3n) is 13.7. The van der Waals surface area contributed by atoms with Gasteiger partial charge >= 0.3 is 5.97 Å². The maximum Gasteiger partial charge on any atom is 0.332 e. The molecule has 69 heavy (non-hydrogen) atoms. The zero-order valence-electron chi connectivity index (χ0n) is 39.9. The Balaban J connectivity index is 1.15. The average molecular weight is 977 g/mol. The van der Waals surface area contributed by atoms with Crippen LogP contribution in [0.1, 0.15) is 121 Å². The number of carbonyl (C=O) groups excluding carboxylic acids is 3. The Labute approximate surface area is 401 Å². The first kappa shape index (κ1) is 54.1. The van der Waals surface area contributed by atoms with E-state index in [4.69, 9.17) is 28.4 Å². The molecule has 2 saturated heterocycles. The second-order valence-corrected chi connectivity index (χ2v) is 18.9. The summed E-state index contributed by atoms with van der Waals surface area (Å²) in [5.74, 6) is -3.02. The Morgan fingerprint density at radius 1 is 0.942 bits per heavy atom. The number of carboxylic acid groups (broad SMARTS) is 1. The monoisotopic (exact) mass is 977 g/mol. The van der Waals surface area contributed by atoms with Gasteiger partial charge in [0.15, 0.2) is 18.7 Å². The summed E-state index contributed by atoms with van der Waals surface area (Å²) in [6.07, 6.45) is -6.25. The minimum absolute atomic E-state index is 0.0249. The molecule has 2 aromatic heterocycles. The standard InChI is InChI=1S/C47H72N6O16/c1-5-17-53-22-31(51-52-53)24-64-36-15-14-29(21-49-36)44(61)48-16-10-13-32(56)30-19-28(6-2)42(69-47-41(60)40(59)38(57)25(3)65-47)33(20-30)67-46-37(50-26(4)55)43(39(58)35(23-54)68-46)66-34(45(62)63)18-27-11-8-7-9-12-27/h14-15,21-22,25,27-28,30,33-35,37-43,46-47,54,57-60H,5-13,16-20,23-24H2,1-4H3,(H,48,61)(H,50,55)(H,62,63)/t25?,28?,30?,33-,34+,35+,37?,38-,39+,40+,41?,42-,43?,46-,47+/m1/s1. The van der Waals surface area contributed by atoms with Gasteiger partial charge in [0.2, 0.25) is 11.8 Å². The van der Waals surface area contributed by atoms with Crippen LogP contribution in [0.15, 0.2) is 24.5 Å². The molecule has 386 valence electrons. The van der Waals surface area contributed by atoms with Crippen LogP contribution in [0.3, 0.4) is 0 Å². The van der Waals surface area contributed by atoms with E-state index < -0.39 is 116 Å². The van der Waals surface area contributed by atoms with Crippen molar-refractivity contribution in [1.82, 2.24) is 30.6 Å². The van der Waals surface area contributed by atoms with Crippen molar-refractivity contribution in [2.45, 2.75) is 198 Å². The lowest BCUT2D eigenvalue weighted by molar-refractivity contribution is -0.338. The van der Waals surface area contributed by atoms with Crippen LogP contribution in [0.25, 0.3) is 0 Å². The van der Waals surface area contributed by atoms with Crippen LogP contribution in [-0.2, 0) is 51.2 Å². The number of Topliss-reactive ketones (excluding diaryl/α,β-unsaturated/α-hetero) is 1. The number of aryl methyl sites for hydroxylation is 1. The van der Waals surface area contributed by atoms with E-state index in [2.05, 4.69) is 25.9 Å². The number of aromatic nitrogens is 4.